The molecule has 2 rings (SSSR count). The lowest BCUT2D eigenvalue weighted by atomic mass is 9.97. The number of unbranched alkanes of at least 4 members (excludes halogenated alkanes) is 30. The first-order chi connectivity index (χ1) is 41.1. The van der Waals surface area contributed by atoms with Crippen LogP contribution in [0.4, 0.5) is 0 Å². The Labute approximate surface area is 510 Å². The van der Waals surface area contributed by atoms with E-state index in [2.05, 4.69) is 92.1 Å². The van der Waals surface area contributed by atoms with Crippen molar-refractivity contribution in [3.05, 3.63) is 72.9 Å². The predicted molar refractivity (Wildman–Crippen MR) is 341 cm³/mol. The van der Waals surface area contributed by atoms with Crippen molar-refractivity contribution in [2.45, 2.75) is 344 Å². The minimum Gasteiger partial charge on any atom is -0.394 e. The first-order valence-corrected chi connectivity index (χ1v) is 34.2. The molecule has 14 nitrogen and oxygen atoms in total. The minimum atomic E-state index is -1.78. The summed E-state index contributed by atoms with van der Waals surface area (Å²) in [5.41, 5.74) is 0. The smallest absolute Gasteiger partial charge is 0.220 e. The van der Waals surface area contributed by atoms with Gasteiger partial charge in [0.2, 0.25) is 5.91 Å². The van der Waals surface area contributed by atoms with Crippen LogP contribution in [0.3, 0.4) is 0 Å². The Morgan fingerprint density at radius 3 is 1.26 bits per heavy atom. The Kier molecular flexibility index (Phi) is 50.4. The lowest BCUT2D eigenvalue weighted by molar-refractivity contribution is -0.359. The van der Waals surface area contributed by atoms with E-state index in [1.165, 1.54) is 154 Å². The predicted octanol–water partition coefficient (Wildman–Crippen LogP) is 13.5. The zero-order valence-electron chi connectivity index (χ0n) is 52.9. The third-order valence-electron chi connectivity index (χ3n) is 16.4. The molecule has 0 aliphatic carbocycles. The summed E-state index contributed by atoms with van der Waals surface area (Å²) in [6.07, 6.45) is 56.8. The molecule has 488 valence electrons. The normalized spacial score (nSPS) is 24.1. The summed E-state index contributed by atoms with van der Waals surface area (Å²) in [4.78, 5) is 13.3. The fraction of sp³-hybridized carbons (Fsp3) is 0.814. The Hall–Kier alpha value is -2.57. The number of rotatable bonds is 55. The molecule has 0 bridgehead atoms. The summed E-state index contributed by atoms with van der Waals surface area (Å²) in [6.45, 7) is 2.72. The van der Waals surface area contributed by atoms with Gasteiger partial charge in [0.15, 0.2) is 12.6 Å². The van der Waals surface area contributed by atoms with Crippen LogP contribution in [0.5, 0.6) is 0 Å². The van der Waals surface area contributed by atoms with Crippen molar-refractivity contribution in [1.29, 1.82) is 0 Å². The third kappa shape index (κ3) is 38.7. The highest BCUT2D eigenvalue weighted by atomic mass is 16.7. The van der Waals surface area contributed by atoms with Crippen LogP contribution in [0.2, 0.25) is 0 Å². The highest BCUT2D eigenvalue weighted by Gasteiger charge is 2.51. The molecule has 0 aromatic heterocycles. The van der Waals surface area contributed by atoms with E-state index in [0.29, 0.717) is 12.8 Å². The van der Waals surface area contributed by atoms with E-state index in [1.54, 1.807) is 0 Å². The fourth-order valence-electron chi connectivity index (χ4n) is 11.0. The van der Waals surface area contributed by atoms with Gasteiger partial charge in [-0.15, -0.1) is 0 Å². The Balaban J connectivity index is 1.50. The van der Waals surface area contributed by atoms with Crippen LogP contribution < -0.4 is 5.32 Å². The maximum Gasteiger partial charge on any atom is 0.220 e. The molecule has 2 saturated heterocycles. The second-order valence-corrected chi connectivity index (χ2v) is 23.9. The monoisotopic (exact) mass is 1190 g/mol. The van der Waals surface area contributed by atoms with E-state index in [0.717, 1.165) is 89.9 Å². The van der Waals surface area contributed by atoms with Crippen LogP contribution in [0.1, 0.15) is 271 Å². The summed E-state index contributed by atoms with van der Waals surface area (Å²) in [7, 11) is 0. The molecule has 1 amide bonds. The number of carbonyl (C=O) groups excluding carboxylic acids is 1. The molecule has 2 heterocycles. The van der Waals surface area contributed by atoms with E-state index < -0.39 is 86.8 Å². The largest absolute Gasteiger partial charge is 0.394 e. The maximum atomic E-state index is 13.3. The van der Waals surface area contributed by atoms with Gasteiger partial charge in [-0.25, -0.2) is 0 Å². The lowest BCUT2D eigenvalue weighted by Gasteiger charge is -2.46. The number of carbonyl (C=O) groups is 1. The number of nitrogens with one attached hydrogen (secondary N) is 1. The summed E-state index contributed by atoms with van der Waals surface area (Å²) >= 11 is 0. The molecule has 0 saturated carbocycles. The number of aliphatic hydroxyl groups is 8. The SMILES string of the molecule is CC/C=C\C/C=C\C/C=C\C/C=C\C/C=C\C/C=C\CCCCCCCCCCCCCCCCCCCCCCCCC(=O)NC(COC1OC(CO)C(OC2OC(CO)C(O)C(O)C2O)C(O)C1O)C(O)CCCCCCCCCCC. The number of allylic oxidation sites excluding steroid dienone is 12. The topological polar surface area (TPSA) is 228 Å². The lowest BCUT2D eigenvalue weighted by Crippen LogP contribution is -2.65. The number of hydrogen-bond acceptors (Lipinski definition) is 13. The molecule has 0 radical (unpaired) electrons. The Morgan fingerprint density at radius 2 is 0.821 bits per heavy atom. The molecule has 0 spiro atoms. The third-order valence-corrected chi connectivity index (χ3v) is 16.4. The van der Waals surface area contributed by atoms with E-state index >= 15 is 0 Å². The van der Waals surface area contributed by atoms with Gasteiger partial charge in [0.05, 0.1) is 32.0 Å². The molecule has 2 aliphatic heterocycles. The summed E-state index contributed by atoms with van der Waals surface area (Å²) < 4.78 is 22.8. The van der Waals surface area contributed by atoms with Gasteiger partial charge >= 0.3 is 0 Å². The van der Waals surface area contributed by atoms with E-state index in [4.69, 9.17) is 18.9 Å². The molecule has 14 heteroatoms. The van der Waals surface area contributed by atoms with Crippen LogP contribution in [0.25, 0.3) is 0 Å². The first kappa shape index (κ1) is 77.5. The van der Waals surface area contributed by atoms with Gasteiger partial charge in [-0.1, -0.05) is 273 Å². The quantitative estimate of drug-likeness (QED) is 0.0204. The second-order valence-electron chi connectivity index (χ2n) is 23.9. The molecule has 12 unspecified atom stereocenters. The molecule has 2 fully saturated rings. The molecular formula is C70H125NO13. The number of aliphatic hydroxyl groups excluding tert-OH is 8. The highest BCUT2D eigenvalue weighted by molar-refractivity contribution is 5.76. The molecule has 12 atom stereocenters. The molecule has 9 N–H and O–H groups in total. The van der Waals surface area contributed by atoms with Crippen LogP contribution in [0, 0.1) is 0 Å². The van der Waals surface area contributed by atoms with Crippen molar-refractivity contribution >= 4 is 5.91 Å². The molecule has 0 aromatic carbocycles. The van der Waals surface area contributed by atoms with E-state index in [-0.39, 0.29) is 12.5 Å². The highest BCUT2D eigenvalue weighted by Crippen LogP contribution is 2.30. The van der Waals surface area contributed by atoms with Gasteiger partial charge in [-0.3, -0.25) is 4.79 Å². The number of hydrogen-bond donors (Lipinski definition) is 9. The van der Waals surface area contributed by atoms with E-state index in [1.807, 2.05) is 0 Å². The van der Waals surface area contributed by atoms with Gasteiger partial charge in [0.1, 0.15) is 48.8 Å². The molecule has 0 aromatic rings. The molecule has 2 aliphatic rings. The Morgan fingerprint density at radius 1 is 0.440 bits per heavy atom. The average molecular weight is 1190 g/mol. The minimum absolute atomic E-state index is 0.207. The van der Waals surface area contributed by atoms with Crippen LogP contribution in [0.15, 0.2) is 72.9 Å². The summed E-state index contributed by atoms with van der Waals surface area (Å²) in [6, 6.07) is -0.827. The van der Waals surface area contributed by atoms with Crippen LogP contribution in [-0.2, 0) is 23.7 Å². The molecule has 84 heavy (non-hydrogen) atoms. The maximum absolute atomic E-state index is 13.3. The van der Waals surface area contributed by atoms with Gasteiger partial charge in [-0.05, 0) is 64.2 Å². The Bertz CT molecular complexity index is 1690. The van der Waals surface area contributed by atoms with E-state index in [9.17, 15) is 45.6 Å². The van der Waals surface area contributed by atoms with Crippen LogP contribution >= 0.6 is 0 Å². The van der Waals surface area contributed by atoms with Gasteiger partial charge in [0.25, 0.3) is 0 Å². The first-order valence-electron chi connectivity index (χ1n) is 34.2. The van der Waals surface area contributed by atoms with Crippen molar-refractivity contribution < 1.29 is 64.6 Å². The number of amides is 1. The summed E-state index contributed by atoms with van der Waals surface area (Å²) in [5.74, 6) is -0.207. The van der Waals surface area contributed by atoms with Crippen molar-refractivity contribution in [3.8, 4) is 0 Å². The van der Waals surface area contributed by atoms with Gasteiger partial charge in [-0.2, -0.15) is 0 Å². The van der Waals surface area contributed by atoms with Crippen molar-refractivity contribution in [3.63, 3.8) is 0 Å². The standard InChI is InChI=1S/C70H125NO13/c1-3-5-7-9-11-13-14-15-16-17-18-19-20-21-22-23-24-25-26-27-28-29-30-31-32-33-34-35-36-37-38-39-40-41-42-43-44-46-48-50-52-54-62(75)71-58(59(74)53-51-49-47-45-12-10-8-6-4-2)57-81-69-67(80)65(78)68(61(56-73)83-69)84-70-66(79)64(77)63(76)60(55-72)82-70/h5,7,11,13,15-16,18-19,21-22,24-25,58-61,63-70,72-74,76-80H,3-4,6,8-10,12,14,17,20,23,26-57H2,1-2H3,(H,71,75)/b7-5-,13-11-,16-15-,19-18-,22-21-,25-24-. The van der Waals surface area contributed by atoms with Gasteiger partial charge < -0.3 is 65.1 Å². The second kappa shape index (κ2) is 54.6. The van der Waals surface area contributed by atoms with Crippen molar-refractivity contribution in [1.82, 2.24) is 5.32 Å². The zero-order chi connectivity index (χ0) is 60.9. The summed E-state index contributed by atoms with van der Waals surface area (Å²) in [5, 5.41) is 87.1. The zero-order valence-corrected chi connectivity index (χ0v) is 52.9. The van der Waals surface area contributed by atoms with Crippen molar-refractivity contribution in [2.75, 3.05) is 19.8 Å². The number of ether oxygens (including phenoxy) is 4. The van der Waals surface area contributed by atoms with Crippen LogP contribution in [-0.4, -0.2) is 140 Å². The van der Waals surface area contributed by atoms with Gasteiger partial charge in [0, 0.05) is 6.42 Å². The van der Waals surface area contributed by atoms with Crippen molar-refractivity contribution in [2.24, 2.45) is 0 Å². The fourth-order valence-corrected chi connectivity index (χ4v) is 11.0. The average Bonchev–Trinajstić information content (AvgIpc) is 2.28. The molecular weight excluding hydrogens is 1060 g/mol.